The van der Waals surface area contributed by atoms with Crippen molar-refractivity contribution in [3.8, 4) is 6.07 Å². The Morgan fingerprint density at radius 1 is 1.31 bits per heavy atom. The summed E-state index contributed by atoms with van der Waals surface area (Å²) in [6, 6.07) is 8.12. The summed E-state index contributed by atoms with van der Waals surface area (Å²) in [7, 11) is 0. The fourth-order valence-electron chi connectivity index (χ4n) is 1.93. The number of allylic oxidation sites excluding steroid dienone is 1. The van der Waals surface area contributed by atoms with Crippen LogP contribution < -0.4 is 0 Å². The molecule has 76 valence electrons. The van der Waals surface area contributed by atoms with Crippen LogP contribution in [0.25, 0.3) is 11.1 Å². The minimum atomic E-state index is 0.710. The molecule has 2 aromatic rings. The monoisotopic (exact) mass is 207 g/mol. The van der Waals surface area contributed by atoms with E-state index in [9.17, 15) is 0 Å². The summed E-state index contributed by atoms with van der Waals surface area (Å²) in [6.07, 6.45) is 8.52. The van der Waals surface area contributed by atoms with Crippen molar-refractivity contribution in [2.24, 2.45) is 4.99 Å². The van der Waals surface area contributed by atoms with E-state index in [1.54, 1.807) is 0 Å². The molecule has 0 N–H and O–H groups in total. The molecule has 0 aliphatic carbocycles. The van der Waals surface area contributed by atoms with E-state index < -0.39 is 0 Å². The molecule has 0 spiro atoms. The summed E-state index contributed by atoms with van der Waals surface area (Å²) >= 11 is 0. The predicted octanol–water partition coefficient (Wildman–Crippen LogP) is 2.63. The minimum absolute atomic E-state index is 0.710. The van der Waals surface area contributed by atoms with E-state index in [-0.39, 0.29) is 0 Å². The standard InChI is InChI=1S/C13H9N3/c14-8-11-3-6-16-5-2-10(7-13(11)16)12-1-4-15-9-12/h2-7,9H,1H2. The highest BCUT2D eigenvalue weighted by atomic mass is 14.9. The van der Waals surface area contributed by atoms with Crippen LogP contribution in [-0.4, -0.2) is 10.6 Å². The Balaban J connectivity index is 2.18. The summed E-state index contributed by atoms with van der Waals surface area (Å²) in [6.45, 7) is 0. The van der Waals surface area contributed by atoms with E-state index in [1.807, 2.05) is 41.3 Å². The molecule has 3 heteroatoms. The van der Waals surface area contributed by atoms with E-state index in [0.717, 1.165) is 17.5 Å². The van der Waals surface area contributed by atoms with Crippen molar-refractivity contribution in [2.75, 3.05) is 0 Å². The lowest BCUT2D eigenvalue weighted by molar-refractivity contribution is 1.19. The molecule has 1 aliphatic rings. The third-order valence-corrected chi connectivity index (χ3v) is 2.80. The van der Waals surface area contributed by atoms with Crippen LogP contribution in [0.5, 0.6) is 0 Å². The average molecular weight is 207 g/mol. The fourth-order valence-corrected chi connectivity index (χ4v) is 1.93. The molecule has 16 heavy (non-hydrogen) atoms. The van der Waals surface area contributed by atoms with Gasteiger partial charge in [-0.2, -0.15) is 5.26 Å². The lowest BCUT2D eigenvalue weighted by atomic mass is 10.1. The molecule has 0 aromatic carbocycles. The van der Waals surface area contributed by atoms with Gasteiger partial charge in [0.1, 0.15) is 6.07 Å². The van der Waals surface area contributed by atoms with Crippen LogP contribution in [-0.2, 0) is 0 Å². The van der Waals surface area contributed by atoms with Gasteiger partial charge in [-0.05, 0) is 29.3 Å². The molecule has 1 aliphatic heterocycles. The quantitative estimate of drug-likeness (QED) is 0.708. The minimum Gasteiger partial charge on any atom is -0.322 e. The molecule has 3 rings (SSSR count). The summed E-state index contributed by atoms with van der Waals surface area (Å²) in [4.78, 5) is 4.09. The molecule has 0 amide bonds. The third-order valence-electron chi connectivity index (χ3n) is 2.80. The summed E-state index contributed by atoms with van der Waals surface area (Å²) in [5, 5.41) is 8.98. The first-order valence-electron chi connectivity index (χ1n) is 5.10. The van der Waals surface area contributed by atoms with Crippen molar-refractivity contribution in [2.45, 2.75) is 6.42 Å². The number of nitrogens with zero attached hydrogens (tertiary/aromatic N) is 3. The van der Waals surface area contributed by atoms with Gasteiger partial charge in [-0.1, -0.05) is 0 Å². The zero-order valence-corrected chi connectivity index (χ0v) is 8.59. The Kier molecular flexibility index (Phi) is 1.87. The normalized spacial score (nSPS) is 14.1. The van der Waals surface area contributed by atoms with Gasteiger partial charge in [-0.3, -0.25) is 4.99 Å². The average Bonchev–Trinajstić information content (AvgIpc) is 2.97. The van der Waals surface area contributed by atoms with Gasteiger partial charge >= 0.3 is 0 Å². The highest BCUT2D eigenvalue weighted by Gasteiger charge is 2.07. The van der Waals surface area contributed by atoms with Gasteiger partial charge in [0.2, 0.25) is 0 Å². The zero-order chi connectivity index (χ0) is 11.0. The maximum atomic E-state index is 8.98. The van der Waals surface area contributed by atoms with Gasteiger partial charge in [-0.25, -0.2) is 0 Å². The Morgan fingerprint density at radius 2 is 2.19 bits per heavy atom. The topological polar surface area (TPSA) is 40.6 Å². The van der Waals surface area contributed by atoms with Gasteiger partial charge in [0.05, 0.1) is 11.1 Å². The van der Waals surface area contributed by atoms with E-state index >= 15 is 0 Å². The molecule has 2 aromatic heterocycles. The SMILES string of the molecule is N#Cc1ccn2ccc(C3=CN=CC3)cc12. The van der Waals surface area contributed by atoms with Gasteiger partial charge < -0.3 is 4.40 Å². The molecule has 0 unspecified atom stereocenters. The van der Waals surface area contributed by atoms with Crippen LogP contribution in [0.2, 0.25) is 0 Å². The Morgan fingerprint density at radius 3 is 2.94 bits per heavy atom. The van der Waals surface area contributed by atoms with Crippen molar-refractivity contribution in [3.05, 3.63) is 47.9 Å². The molecular weight excluding hydrogens is 198 g/mol. The number of aliphatic imine (C=N–C) groups is 1. The van der Waals surface area contributed by atoms with Crippen LogP contribution in [0.4, 0.5) is 0 Å². The van der Waals surface area contributed by atoms with E-state index in [1.165, 1.54) is 5.57 Å². The van der Waals surface area contributed by atoms with Gasteiger partial charge in [0.25, 0.3) is 0 Å². The fraction of sp³-hybridized carbons (Fsp3) is 0.0769. The molecule has 0 fully saturated rings. The zero-order valence-electron chi connectivity index (χ0n) is 8.59. The first kappa shape index (κ1) is 8.93. The Hall–Kier alpha value is -2.34. The van der Waals surface area contributed by atoms with Gasteiger partial charge in [0, 0.05) is 31.2 Å². The van der Waals surface area contributed by atoms with E-state index in [0.29, 0.717) is 5.56 Å². The van der Waals surface area contributed by atoms with Crippen molar-refractivity contribution in [3.63, 3.8) is 0 Å². The van der Waals surface area contributed by atoms with Crippen LogP contribution >= 0.6 is 0 Å². The number of rotatable bonds is 1. The van der Waals surface area contributed by atoms with Crippen LogP contribution in [0.1, 0.15) is 17.5 Å². The van der Waals surface area contributed by atoms with Gasteiger partial charge in [0.15, 0.2) is 0 Å². The largest absolute Gasteiger partial charge is 0.322 e. The third kappa shape index (κ3) is 1.24. The van der Waals surface area contributed by atoms with E-state index in [4.69, 9.17) is 5.26 Å². The van der Waals surface area contributed by atoms with Crippen molar-refractivity contribution >= 4 is 17.3 Å². The summed E-state index contributed by atoms with van der Waals surface area (Å²) < 4.78 is 1.96. The Labute approximate surface area is 93.0 Å². The van der Waals surface area contributed by atoms with Crippen molar-refractivity contribution in [1.82, 2.24) is 4.40 Å². The van der Waals surface area contributed by atoms with E-state index in [2.05, 4.69) is 17.1 Å². The molecule has 0 radical (unpaired) electrons. The number of fused-ring (bicyclic) bond motifs is 1. The number of hydrogen-bond donors (Lipinski definition) is 0. The lowest BCUT2D eigenvalue weighted by Crippen LogP contribution is -1.87. The lowest BCUT2D eigenvalue weighted by Gasteiger charge is -2.02. The molecular formula is C13H9N3. The molecule has 0 saturated carbocycles. The van der Waals surface area contributed by atoms with Crippen LogP contribution in [0.15, 0.2) is 41.8 Å². The number of nitriles is 1. The maximum Gasteiger partial charge on any atom is 0.101 e. The highest BCUT2D eigenvalue weighted by Crippen LogP contribution is 2.23. The summed E-state index contributed by atoms with van der Waals surface area (Å²) in [5.74, 6) is 0. The second-order valence-electron chi connectivity index (χ2n) is 3.74. The van der Waals surface area contributed by atoms with Gasteiger partial charge in [-0.15, -0.1) is 0 Å². The van der Waals surface area contributed by atoms with Crippen LogP contribution in [0, 0.1) is 11.3 Å². The number of aromatic nitrogens is 1. The molecule has 3 heterocycles. The second kappa shape index (κ2) is 3.35. The number of hydrogen-bond acceptors (Lipinski definition) is 2. The molecule has 0 atom stereocenters. The van der Waals surface area contributed by atoms with Crippen molar-refractivity contribution in [1.29, 1.82) is 5.26 Å². The number of pyridine rings is 1. The highest BCUT2D eigenvalue weighted by molar-refractivity contribution is 5.85. The maximum absolute atomic E-state index is 8.98. The smallest absolute Gasteiger partial charge is 0.101 e. The molecule has 3 nitrogen and oxygen atoms in total. The predicted molar refractivity (Wildman–Crippen MR) is 63.2 cm³/mol. The molecule has 0 saturated heterocycles. The molecule has 0 bridgehead atoms. The first-order valence-corrected chi connectivity index (χ1v) is 5.10. The Bertz CT molecular complexity index is 653. The first-order chi connectivity index (χ1) is 7.88. The van der Waals surface area contributed by atoms with Crippen molar-refractivity contribution < 1.29 is 0 Å². The van der Waals surface area contributed by atoms with Crippen LogP contribution in [0.3, 0.4) is 0 Å². The summed E-state index contributed by atoms with van der Waals surface area (Å²) in [5.41, 5.74) is 4.00. The second-order valence-corrected chi connectivity index (χ2v) is 3.74.